The molecule has 0 radical (unpaired) electrons. The summed E-state index contributed by atoms with van der Waals surface area (Å²) in [6.45, 7) is 0.146. The van der Waals surface area contributed by atoms with Crippen molar-refractivity contribution >= 4 is 38.0 Å². The molecule has 30 heavy (non-hydrogen) atoms. The summed E-state index contributed by atoms with van der Waals surface area (Å²) < 4.78 is 39.4. The van der Waals surface area contributed by atoms with E-state index in [0.29, 0.717) is 5.39 Å². The van der Waals surface area contributed by atoms with E-state index in [0.717, 1.165) is 11.1 Å². The molecule has 0 heterocycles. The second-order valence-electron chi connectivity index (χ2n) is 7.06. The molecule has 0 spiro atoms. The molecule has 6 nitrogen and oxygen atoms in total. The smallest absolute Gasteiger partial charge is 0.319 e. The Morgan fingerprint density at radius 1 is 0.967 bits per heavy atom. The Kier molecular flexibility index (Phi) is 6.56. The topological polar surface area (TPSA) is 78.5 Å². The average molecular weight is 430 g/mol. The maximum Gasteiger partial charge on any atom is 0.319 e. The van der Waals surface area contributed by atoms with E-state index < -0.39 is 21.7 Å². The van der Waals surface area contributed by atoms with Crippen LogP contribution in [0.3, 0.4) is 0 Å². The van der Waals surface area contributed by atoms with Crippen LogP contribution >= 0.6 is 0 Å². The van der Waals surface area contributed by atoms with E-state index in [4.69, 9.17) is 0 Å². The Labute approximate surface area is 175 Å². The predicted molar refractivity (Wildman–Crippen MR) is 118 cm³/mol. The number of para-hydroxylation sites is 1. The van der Waals surface area contributed by atoms with Crippen molar-refractivity contribution in [3.05, 3.63) is 66.5 Å². The first-order valence-corrected chi connectivity index (χ1v) is 11.2. The van der Waals surface area contributed by atoms with Crippen LogP contribution in [-0.2, 0) is 9.84 Å². The highest BCUT2D eigenvalue weighted by Gasteiger charge is 2.18. The lowest BCUT2D eigenvalue weighted by atomic mass is 10.1. The zero-order chi connectivity index (χ0) is 21.7. The molecule has 3 aromatic carbocycles. The van der Waals surface area contributed by atoms with Crippen LogP contribution in [-0.4, -0.2) is 40.8 Å². The number of amides is 2. The summed E-state index contributed by atoms with van der Waals surface area (Å²) in [5, 5.41) is 6.50. The van der Waals surface area contributed by atoms with Gasteiger partial charge in [-0.05, 0) is 30.7 Å². The van der Waals surface area contributed by atoms with Crippen LogP contribution in [0.15, 0.2) is 65.6 Å². The second kappa shape index (κ2) is 9.13. The molecule has 0 fully saturated rings. The van der Waals surface area contributed by atoms with Crippen molar-refractivity contribution in [2.24, 2.45) is 0 Å². The van der Waals surface area contributed by atoms with Gasteiger partial charge in [-0.2, -0.15) is 0 Å². The Hall–Kier alpha value is -3.13. The number of nitrogens with zero attached hydrogens (tertiary/aromatic N) is 1. The number of carbonyl (C=O) groups is 1. The minimum Gasteiger partial charge on any atom is -0.377 e. The van der Waals surface area contributed by atoms with Crippen molar-refractivity contribution in [3.8, 4) is 0 Å². The highest BCUT2D eigenvalue weighted by atomic mass is 32.2. The molecule has 0 aromatic heterocycles. The van der Waals surface area contributed by atoms with Crippen LogP contribution in [0.2, 0.25) is 0 Å². The normalized spacial score (nSPS) is 11.3. The van der Waals surface area contributed by atoms with Gasteiger partial charge in [-0.25, -0.2) is 17.6 Å². The minimum atomic E-state index is -3.54. The van der Waals surface area contributed by atoms with Gasteiger partial charge in [0.1, 0.15) is 5.82 Å². The van der Waals surface area contributed by atoms with Gasteiger partial charge < -0.3 is 15.5 Å². The number of urea groups is 1. The van der Waals surface area contributed by atoms with Crippen LogP contribution < -0.4 is 15.5 Å². The predicted octanol–water partition coefficient (Wildman–Crippen LogP) is 4.03. The van der Waals surface area contributed by atoms with E-state index in [9.17, 15) is 17.6 Å². The number of anilines is 2. The SMILES string of the molecule is CN(C)c1cccc2c(S(=O)(=O)CCCNC(=O)Nc3ccccc3F)cccc12. The maximum atomic E-state index is 13.6. The molecule has 158 valence electrons. The molecule has 2 amide bonds. The van der Waals surface area contributed by atoms with Gasteiger partial charge in [-0.15, -0.1) is 0 Å². The fraction of sp³-hybridized carbons (Fsp3) is 0.227. The Bertz CT molecular complexity index is 1160. The van der Waals surface area contributed by atoms with Gasteiger partial charge in [0.15, 0.2) is 9.84 Å². The van der Waals surface area contributed by atoms with Crippen molar-refractivity contribution in [1.29, 1.82) is 0 Å². The molecule has 0 saturated carbocycles. The number of fused-ring (bicyclic) bond motifs is 1. The first kappa shape index (κ1) is 21.6. The van der Waals surface area contributed by atoms with E-state index in [2.05, 4.69) is 10.6 Å². The minimum absolute atomic E-state index is 0.0649. The average Bonchev–Trinajstić information content (AvgIpc) is 2.72. The van der Waals surface area contributed by atoms with Crippen molar-refractivity contribution in [3.63, 3.8) is 0 Å². The second-order valence-corrected chi connectivity index (χ2v) is 9.13. The number of hydrogen-bond acceptors (Lipinski definition) is 4. The molecule has 0 aliphatic carbocycles. The zero-order valence-electron chi connectivity index (χ0n) is 16.9. The van der Waals surface area contributed by atoms with Crippen LogP contribution in [0.25, 0.3) is 10.8 Å². The van der Waals surface area contributed by atoms with Crippen molar-refractivity contribution in [2.75, 3.05) is 36.6 Å². The summed E-state index contributed by atoms with van der Waals surface area (Å²) in [6.07, 6.45) is 0.233. The van der Waals surface area contributed by atoms with E-state index in [-0.39, 0.29) is 29.3 Å². The Morgan fingerprint density at radius 2 is 1.67 bits per heavy atom. The van der Waals surface area contributed by atoms with E-state index in [1.54, 1.807) is 24.3 Å². The van der Waals surface area contributed by atoms with Crippen LogP contribution in [0.4, 0.5) is 20.6 Å². The number of rotatable bonds is 7. The number of sulfone groups is 1. The fourth-order valence-corrected chi connectivity index (χ4v) is 4.77. The summed E-state index contributed by atoms with van der Waals surface area (Å²) in [4.78, 5) is 14.1. The molecule has 2 N–H and O–H groups in total. The number of benzene rings is 3. The zero-order valence-corrected chi connectivity index (χ0v) is 17.7. The largest absolute Gasteiger partial charge is 0.377 e. The van der Waals surface area contributed by atoms with Crippen LogP contribution in [0, 0.1) is 5.82 Å². The van der Waals surface area contributed by atoms with Gasteiger partial charge >= 0.3 is 6.03 Å². The lowest BCUT2D eigenvalue weighted by Gasteiger charge is -2.17. The lowest BCUT2D eigenvalue weighted by Crippen LogP contribution is -2.30. The molecule has 3 rings (SSSR count). The fourth-order valence-electron chi connectivity index (χ4n) is 3.23. The third-order valence-corrected chi connectivity index (χ3v) is 6.53. The first-order chi connectivity index (χ1) is 14.3. The molecule has 0 aliphatic heterocycles. The molecule has 0 saturated heterocycles. The molecule has 0 aliphatic rings. The quantitative estimate of drug-likeness (QED) is 0.556. The van der Waals surface area contributed by atoms with Gasteiger partial charge in [0.2, 0.25) is 0 Å². The third-order valence-electron chi connectivity index (χ3n) is 4.67. The van der Waals surface area contributed by atoms with E-state index >= 15 is 0 Å². The summed E-state index contributed by atoms with van der Waals surface area (Å²) in [7, 11) is 0.278. The summed E-state index contributed by atoms with van der Waals surface area (Å²) in [5.41, 5.74) is 1.01. The molecule has 0 atom stereocenters. The standard InChI is InChI=1S/C22H24FN3O3S/c1-26(2)20-12-5-9-17-16(20)8-6-13-21(17)30(28,29)15-7-14-24-22(27)25-19-11-4-3-10-18(19)23/h3-6,8-13H,7,14-15H2,1-2H3,(H2,24,25,27). The van der Waals surface area contributed by atoms with E-state index in [1.807, 2.05) is 37.2 Å². The lowest BCUT2D eigenvalue weighted by molar-refractivity contribution is 0.252. The molecule has 3 aromatic rings. The van der Waals surface area contributed by atoms with Gasteiger partial charge in [0.25, 0.3) is 0 Å². The van der Waals surface area contributed by atoms with Gasteiger partial charge in [-0.3, -0.25) is 0 Å². The molecular weight excluding hydrogens is 405 g/mol. The monoisotopic (exact) mass is 429 g/mol. The van der Waals surface area contributed by atoms with E-state index in [1.165, 1.54) is 18.2 Å². The highest BCUT2D eigenvalue weighted by Crippen LogP contribution is 2.30. The number of halogens is 1. The third kappa shape index (κ3) is 4.88. The van der Waals surface area contributed by atoms with Crippen LogP contribution in [0.5, 0.6) is 0 Å². The van der Waals surface area contributed by atoms with Crippen molar-refractivity contribution < 1.29 is 17.6 Å². The van der Waals surface area contributed by atoms with Crippen LogP contribution in [0.1, 0.15) is 6.42 Å². The Balaban J connectivity index is 1.64. The summed E-state index contributed by atoms with van der Waals surface area (Å²) in [5.74, 6) is -0.651. The van der Waals surface area contributed by atoms with Gasteiger partial charge in [0.05, 0.1) is 16.3 Å². The molecule has 0 bridgehead atoms. The Morgan fingerprint density at radius 3 is 2.40 bits per heavy atom. The number of nitrogens with one attached hydrogen (secondary N) is 2. The maximum absolute atomic E-state index is 13.6. The molecule has 0 unspecified atom stereocenters. The summed E-state index contributed by atoms with van der Waals surface area (Å²) >= 11 is 0. The molecular formula is C22H24FN3O3S. The van der Waals surface area contributed by atoms with Crippen molar-refractivity contribution in [1.82, 2.24) is 5.32 Å². The number of hydrogen-bond donors (Lipinski definition) is 2. The first-order valence-electron chi connectivity index (χ1n) is 9.51. The summed E-state index contributed by atoms with van der Waals surface area (Å²) in [6, 6.07) is 16.1. The van der Waals surface area contributed by atoms with Crippen molar-refractivity contribution in [2.45, 2.75) is 11.3 Å². The molecule has 8 heteroatoms. The highest BCUT2D eigenvalue weighted by molar-refractivity contribution is 7.91. The van der Waals surface area contributed by atoms with Gasteiger partial charge in [0, 0.05) is 37.1 Å². The number of carbonyl (C=O) groups excluding carboxylic acids is 1. The van der Waals surface area contributed by atoms with Gasteiger partial charge in [-0.1, -0.05) is 36.4 Å².